The highest BCUT2D eigenvalue weighted by atomic mass is 16.7. The molecule has 10 heteroatoms. The predicted molar refractivity (Wildman–Crippen MR) is 106 cm³/mol. The van der Waals surface area contributed by atoms with Crippen molar-refractivity contribution < 1.29 is 44.5 Å². The number of ether oxygens (including phenoxy) is 2. The van der Waals surface area contributed by atoms with Crippen molar-refractivity contribution in [3.05, 3.63) is 52.9 Å². The molecule has 1 aliphatic heterocycles. The minimum atomic E-state index is -1.57. The summed E-state index contributed by atoms with van der Waals surface area (Å²) in [6, 6.07) is 8.30. The smallest absolute Gasteiger partial charge is 0.229 e. The normalized spacial score (nSPS) is 26.1. The van der Waals surface area contributed by atoms with E-state index in [1.54, 1.807) is 0 Å². The summed E-state index contributed by atoms with van der Waals surface area (Å²) in [5.41, 5.74) is 0.146. The van der Waals surface area contributed by atoms with E-state index in [9.17, 15) is 35.4 Å². The molecular formula is C21H20O10. The number of benzene rings is 2. The van der Waals surface area contributed by atoms with Gasteiger partial charge in [0.05, 0.1) is 12.2 Å². The molecule has 4 rings (SSSR count). The molecule has 6 N–H and O–H groups in total. The van der Waals surface area contributed by atoms with Crippen LogP contribution >= 0.6 is 0 Å². The van der Waals surface area contributed by atoms with E-state index in [1.165, 1.54) is 36.6 Å². The molecule has 0 aliphatic carbocycles. The van der Waals surface area contributed by atoms with Crippen LogP contribution in [0.4, 0.5) is 0 Å². The SMILES string of the molecule is O=c1c(-c2ccc(O[C@@H]3O[C@@H](CO)[C@@H](O)[C@@H](O)[C@@H]3O)cc2)coc2cc(O)cc(O)c12. The molecule has 164 valence electrons. The lowest BCUT2D eigenvalue weighted by Gasteiger charge is -2.39. The van der Waals surface area contributed by atoms with Crippen molar-refractivity contribution in [2.45, 2.75) is 30.7 Å². The van der Waals surface area contributed by atoms with Gasteiger partial charge in [0.25, 0.3) is 0 Å². The Kier molecular flexibility index (Phi) is 5.56. The highest BCUT2D eigenvalue weighted by molar-refractivity contribution is 5.88. The molecule has 0 unspecified atom stereocenters. The number of phenolic OH excluding ortho intramolecular Hbond substituents is 2. The average molecular weight is 432 g/mol. The number of aromatic hydroxyl groups is 2. The van der Waals surface area contributed by atoms with Crippen LogP contribution in [0.15, 0.2) is 51.9 Å². The van der Waals surface area contributed by atoms with E-state index in [0.717, 1.165) is 6.07 Å². The van der Waals surface area contributed by atoms with E-state index in [2.05, 4.69) is 0 Å². The largest absolute Gasteiger partial charge is 0.508 e. The second-order valence-electron chi connectivity index (χ2n) is 7.16. The van der Waals surface area contributed by atoms with Crippen LogP contribution in [-0.4, -0.2) is 68.0 Å². The van der Waals surface area contributed by atoms with E-state index in [4.69, 9.17) is 13.9 Å². The molecule has 0 amide bonds. The maximum absolute atomic E-state index is 12.8. The number of phenols is 2. The minimum absolute atomic E-state index is 0.0359. The fraction of sp³-hybridized carbons (Fsp3) is 0.286. The summed E-state index contributed by atoms with van der Waals surface area (Å²) in [4.78, 5) is 12.8. The molecule has 31 heavy (non-hydrogen) atoms. The molecule has 0 bridgehead atoms. The number of rotatable bonds is 4. The third-order valence-electron chi connectivity index (χ3n) is 5.11. The van der Waals surface area contributed by atoms with Crippen LogP contribution in [0.3, 0.4) is 0 Å². The van der Waals surface area contributed by atoms with Gasteiger partial charge in [0.2, 0.25) is 11.7 Å². The van der Waals surface area contributed by atoms with Crippen LogP contribution < -0.4 is 10.2 Å². The summed E-state index contributed by atoms with van der Waals surface area (Å²) in [6.45, 7) is -0.577. The molecule has 5 atom stereocenters. The van der Waals surface area contributed by atoms with Crippen LogP contribution in [0, 0.1) is 0 Å². The highest BCUT2D eigenvalue weighted by Gasteiger charge is 2.44. The Morgan fingerprint density at radius 1 is 0.968 bits per heavy atom. The molecule has 1 aromatic heterocycles. The van der Waals surface area contributed by atoms with E-state index < -0.39 is 48.5 Å². The maximum atomic E-state index is 12.8. The lowest BCUT2D eigenvalue weighted by atomic mass is 9.99. The second-order valence-corrected chi connectivity index (χ2v) is 7.16. The molecule has 1 saturated heterocycles. The molecule has 2 aromatic carbocycles. The zero-order chi connectivity index (χ0) is 22.3. The Labute approximate surface area is 174 Å². The summed E-state index contributed by atoms with van der Waals surface area (Å²) in [5, 5.41) is 58.4. The van der Waals surface area contributed by atoms with E-state index in [-0.39, 0.29) is 28.0 Å². The van der Waals surface area contributed by atoms with Crippen molar-refractivity contribution in [2.24, 2.45) is 0 Å². The number of fused-ring (bicyclic) bond motifs is 1. The quantitative estimate of drug-likeness (QED) is 0.331. The Balaban J connectivity index is 1.59. The van der Waals surface area contributed by atoms with Crippen molar-refractivity contribution >= 4 is 11.0 Å². The third kappa shape index (κ3) is 3.82. The Bertz CT molecular complexity index is 1140. The van der Waals surface area contributed by atoms with Gasteiger partial charge in [-0.2, -0.15) is 0 Å². The molecule has 2 heterocycles. The standard InChI is InChI=1S/C21H20O10/c22-7-15-18(26)19(27)20(28)21(31-15)30-11-3-1-9(2-4-11)12-8-29-14-6-10(23)5-13(24)16(14)17(12)25/h1-6,8,15,18-24,26-28H,7H2/t15-,18+,19+,20-,21+/m0/s1. The van der Waals surface area contributed by atoms with Crippen LogP contribution in [0.25, 0.3) is 22.1 Å². The first-order valence-electron chi connectivity index (χ1n) is 9.35. The maximum Gasteiger partial charge on any atom is 0.229 e. The van der Waals surface area contributed by atoms with Crippen molar-refractivity contribution in [3.8, 4) is 28.4 Å². The third-order valence-corrected chi connectivity index (χ3v) is 5.11. The number of hydrogen-bond donors (Lipinski definition) is 6. The predicted octanol–water partition coefficient (Wildman–Crippen LogP) is 0.0499. The Morgan fingerprint density at radius 3 is 2.35 bits per heavy atom. The summed E-state index contributed by atoms with van der Waals surface area (Å²) in [5.74, 6) is -0.421. The molecule has 0 saturated carbocycles. The first-order chi connectivity index (χ1) is 14.8. The zero-order valence-electron chi connectivity index (χ0n) is 16.0. The average Bonchev–Trinajstić information content (AvgIpc) is 2.74. The molecule has 0 radical (unpaired) electrons. The van der Waals surface area contributed by atoms with E-state index in [0.29, 0.717) is 5.56 Å². The molecule has 1 aliphatic rings. The van der Waals surface area contributed by atoms with E-state index in [1.807, 2.05) is 0 Å². The molecular weight excluding hydrogens is 412 g/mol. The van der Waals surface area contributed by atoms with Gasteiger partial charge in [0.15, 0.2) is 0 Å². The highest BCUT2D eigenvalue weighted by Crippen LogP contribution is 2.30. The second kappa shape index (κ2) is 8.17. The summed E-state index contributed by atoms with van der Waals surface area (Å²) in [6.07, 6.45) is -5.84. The summed E-state index contributed by atoms with van der Waals surface area (Å²) >= 11 is 0. The van der Waals surface area contributed by atoms with Crippen LogP contribution in [0.5, 0.6) is 17.2 Å². The monoisotopic (exact) mass is 432 g/mol. The fourth-order valence-electron chi connectivity index (χ4n) is 3.43. The molecule has 0 spiro atoms. The Morgan fingerprint density at radius 2 is 1.68 bits per heavy atom. The van der Waals surface area contributed by atoms with Crippen LogP contribution in [-0.2, 0) is 4.74 Å². The van der Waals surface area contributed by atoms with Gasteiger partial charge in [-0.1, -0.05) is 12.1 Å². The van der Waals surface area contributed by atoms with Gasteiger partial charge in [0.1, 0.15) is 58.9 Å². The Hall–Kier alpha value is -3.15. The van der Waals surface area contributed by atoms with Gasteiger partial charge in [0, 0.05) is 12.1 Å². The topological polar surface area (TPSA) is 170 Å². The lowest BCUT2D eigenvalue weighted by Crippen LogP contribution is -2.60. The van der Waals surface area contributed by atoms with Gasteiger partial charge in [-0.25, -0.2) is 0 Å². The fourth-order valence-corrected chi connectivity index (χ4v) is 3.43. The van der Waals surface area contributed by atoms with Gasteiger partial charge in [-0.15, -0.1) is 0 Å². The number of aliphatic hydroxyl groups is 4. The number of aliphatic hydroxyl groups excluding tert-OH is 4. The van der Waals surface area contributed by atoms with Gasteiger partial charge >= 0.3 is 0 Å². The first kappa shape index (κ1) is 21.1. The zero-order valence-corrected chi connectivity index (χ0v) is 16.0. The summed E-state index contributed by atoms with van der Waals surface area (Å²) < 4.78 is 16.2. The molecule has 3 aromatic rings. The minimum Gasteiger partial charge on any atom is -0.508 e. The van der Waals surface area contributed by atoms with Gasteiger partial charge < -0.3 is 44.5 Å². The van der Waals surface area contributed by atoms with Crippen molar-refractivity contribution in [1.29, 1.82) is 0 Å². The molecule has 1 fully saturated rings. The van der Waals surface area contributed by atoms with Crippen molar-refractivity contribution in [1.82, 2.24) is 0 Å². The van der Waals surface area contributed by atoms with Crippen molar-refractivity contribution in [3.63, 3.8) is 0 Å². The summed E-state index contributed by atoms with van der Waals surface area (Å²) in [7, 11) is 0. The van der Waals surface area contributed by atoms with Crippen molar-refractivity contribution in [2.75, 3.05) is 6.61 Å². The van der Waals surface area contributed by atoms with Crippen LogP contribution in [0.1, 0.15) is 0 Å². The van der Waals surface area contributed by atoms with Gasteiger partial charge in [-0.3, -0.25) is 4.79 Å². The van der Waals surface area contributed by atoms with Gasteiger partial charge in [-0.05, 0) is 17.7 Å². The van der Waals surface area contributed by atoms with Crippen LogP contribution in [0.2, 0.25) is 0 Å². The van der Waals surface area contributed by atoms with E-state index >= 15 is 0 Å². The number of hydrogen-bond acceptors (Lipinski definition) is 10. The molecule has 10 nitrogen and oxygen atoms in total. The lowest BCUT2D eigenvalue weighted by molar-refractivity contribution is -0.277. The first-order valence-corrected chi connectivity index (χ1v) is 9.35.